The predicted molar refractivity (Wildman–Crippen MR) is 69.9 cm³/mol. The van der Waals surface area contributed by atoms with Gasteiger partial charge in [-0.3, -0.25) is 0 Å². The van der Waals surface area contributed by atoms with Gasteiger partial charge in [0.05, 0.1) is 16.6 Å². The lowest BCUT2D eigenvalue weighted by atomic mass is 9.99. The van der Waals surface area contributed by atoms with Gasteiger partial charge in [0.25, 0.3) is 0 Å². The summed E-state index contributed by atoms with van der Waals surface area (Å²) in [6.07, 6.45) is 4.52. The summed E-state index contributed by atoms with van der Waals surface area (Å²) in [6.45, 7) is 4.22. The van der Waals surface area contributed by atoms with Crippen LogP contribution in [0, 0.1) is 13.8 Å². The highest BCUT2D eigenvalue weighted by Gasteiger charge is 2.34. The number of nitrogens with one attached hydrogen (secondary N) is 1. The van der Waals surface area contributed by atoms with Gasteiger partial charge in [-0.05, 0) is 43.9 Å². The third-order valence-electron chi connectivity index (χ3n) is 3.89. The molecule has 1 aliphatic carbocycles. The van der Waals surface area contributed by atoms with Gasteiger partial charge in [-0.25, -0.2) is 4.98 Å². The number of imidazole rings is 1. The molecular formula is C14H19N3. The SMILES string of the molecule is Cc1cc(C)c2nc(C3(N)CCCC3)[nH]c2c1. The predicted octanol–water partition coefficient (Wildman–Crippen LogP) is 2.91. The Hall–Kier alpha value is -1.35. The molecule has 3 heteroatoms. The van der Waals surface area contributed by atoms with Gasteiger partial charge < -0.3 is 10.7 Å². The maximum atomic E-state index is 6.44. The normalized spacial score (nSPS) is 19.0. The summed E-state index contributed by atoms with van der Waals surface area (Å²) in [5.74, 6) is 0.971. The Morgan fingerprint density at radius 1 is 1.24 bits per heavy atom. The van der Waals surface area contributed by atoms with E-state index in [-0.39, 0.29) is 5.54 Å². The van der Waals surface area contributed by atoms with Gasteiger partial charge >= 0.3 is 0 Å². The number of hydrogen-bond donors (Lipinski definition) is 2. The van der Waals surface area contributed by atoms with Gasteiger partial charge in [-0.2, -0.15) is 0 Å². The van der Waals surface area contributed by atoms with Crippen molar-refractivity contribution in [2.45, 2.75) is 45.1 Å². The van der Waals surface area contributed by atoms with Crippen molar-refractivity contribution in [2.24, 2.45) is 5.73 Å². The molecule has 3 N–H and O–H groups in total. The van der Waals surface area contributed by atoms with Crippen molar-refractivity contribution >= 4 is 11.0 Å². The van der Waals surface area contributed by atoms with Crippen LogP contribution in [0.2, 0.25) is 0 Å². The van der Waals surface area contributed by atoms with Gasteiger partial charge in [0.2, 0.25) is 0 Å². The van der Waals surface area contributed by atoms with E-state index in [4.69, 9.17) is 10.7 Å². The van der Waals surface area contributed by atoms with Crippen molar-refractivity contribution in [2.75, 3.05) is 0 Å². The lowest BCUT2D eigenvalue weighted by Crippen LogP contribution is -2.34. The van der Waals surface area contributed by atoms with E-state index in [0.717, 1.165) is 29.7 Å². The van der Waals surface area contributed by atoms with E-state index in [1.807, 2.05) is 0 Å². The Morgan fingerprint density at radius 2 is 1.94 bits per heavy atom. The second-order valence-electron chi connectivity index (χ2n) is 5.43. The standard InChI is InChI=1S/C14H19N3/c1-9-7-10(2)12-11(8-9)16-13(17-12)14(15)5-3-4-6-14/h7-8H,3-6,15H2,1-2H3,(H,16,17). The third kappa shape index (κ3) is 1.65. The van der Waals surface area contributed by atoms with Crippen molar-refractivity contribution < 1.29 is 0 Å². The number of nitrogens with zero attached hydrogens (tertiary/aromatic N) is 1. The van der Waals surface area contributed by atoms with Crippen LogP contribution in [0.4, 0.5) is 0 Å². The number of benzene rings is 1. The molecular weight excluding hydrogens is 210 g/mol. The molecule has 1 saturated carbocycles. The molecule has 1 fully saturated rings. The molecule has 0 saturated heterocycles. The van der Waals surface area contributed by atoms with Gasteiger partial charge in [-0.1, -0.05) is 18.9 Å². The number of hydrogen-bond acceptors (Lipinski definition) is 2. The van der Waals surface area contributed by atoms with Crippen LogP contribution >= 0.6 is 0 Å². The van der Waals surface area contributed by atoms with Crippen LogP contribution < -0.4 is 5.73 Å². The monoisotopic (exact) mass is 229 g/mol. The molecule has 2 aromatic rings. The van der Waals surface area contributed by atoms with Crippen LogP contribution in [0.25, 0.3) is 11.0 Å². The first-order chi connectivity index (χ1) is 8.08. The first kappa shape index (κ1) is 10.8. The topological polar surface area (TPSA) is 54.7 Å². The molecule has 0 spiro atoms. The Balaban J connectivity index is 2.16. The molecule has 0 atom stereocenters. The lowest BCUT2D eigenvalue weighted by molar-refractivity contribution is 0.437. The van der Waals surface area contributed by atoms with E-state index in [2.05, 4.69) is 31.0 Å². The molecule has 17 heavy (non-hydrogen) atoms. The number of H-pyrrole nitrogens is 1. The number of fused-ring (bicyclic) bond motifs is 1. The average molecular weight is 229 g/mol. The number of rotatable bonds is 1. The summed E-state index contributed by atoms with van der Waals surface area (Å²) < 4.78 is 0. The fraction of sp³-hybridized carbons (Fsp3) is 0.500. The zero-order chi connectivity index (χ0) is 12.0. The van der Waals surface area contributed by atoms with E-state index in [1.54, 1.807) is 0 Å². The first-order valence-electron chi connectivity index (χ1n) is 6.35. The van der Waals surface area contributed by atoms with Crippen LogP contribution in [0.15, 0.2) is 12.1 Å². The highest BCUT2D eigenvalue weighted by molar-refractivity contribution is 5.79. The van der Waals surface area contributed by atoms with Crippen molar-refractivity contribution in [3.63, 3.8) is 0 Å². The molecule has 0 aliphatic heterocycles. The summed E-state index contributed by atoms with van der Waals surface area (Å²) >= 11 is 0. The Bertz CT molecular complexity index is 562. The molecule has 1 heterocycles. The molecule has 0 unspecified atom stereocenters. The van der Waals surface area contributed by atoms with E-state index in [9.17, 15) is 0 Å². The van der Waals surface area contributed by atoms with Gasteiger partial charge in [-0.15, -0.1) is 0 Å². The first-order valence-corrected chi connectivity index (χ1v) is 6.35. The number of aromatic nitrogens is 2. The zero-order valence-corrected chi connectivity index (χ0v) is 10.5. The highest BCUT2D eigenvalue weighted by Crippen LogP contribution is 2.35. The van der Waals surface area contributed by atoms with E-state index in [1.165, 1.54) is 24.0 Å². The molecule has 0 amide bonds. The molecule has 3 nitrogen and oxygen atoms in total. The number of nitrogens with two attached hydrogens (primary N) is 1. The highest BCUT2D eigenvalue weighted by atomic mass is 15.0. The largest absolute Gasteiger partial charge is 0.340 e. The molecule has 0 bridgehead atoms. The molecule has 1 aromatic heterocycles. The second kappa shape index (κ2) is 3.57. The minimum Gasteiger partial charge on any atom is -0.340 e. The van der Waals surface area contributed by atoms with Crippen molar-refractivity contribution in [3.05, 3.63) is 29.1 Å². The van der Waals surface area contributed by atoms with E-state index < -0.39 is 0 Å². The second-order valence-corrected chi connectivity index (χ2v) is 5.43. The van der Waals surface area contributed by atoms with Gasteiger partial charge in [0, 0.05) is 0 Å². The molecule has 0 radical (unpaired) electrons. The Labute approximate surface area is 101 Å². The van der Waals surface area contributed by atoms with Crippen LogP contribution in [0.3, 0.4) is 0 Å². The fourth-order valence-corrected chi connectivity index (χ4v) is 2.95. The van der Waals surface area contributed by atoms with Gasteiger partial charge in [0.15, 0.2) is 0 Å². The maximum absolute atomic E-state index is 6.44. The average Bonchev–Trinajstić information content (AvgIpc) is 2.84. The summed E-state index contributed by atoms with van der Waals surface area (Å²) in [6, 6.07) is 4.32. The van der Waals surface area contributed by atoms with Crippen LogP contribution in [0.5, 0.6) is 0 Å². The Morgan fingerprint density at radius 3 is 2.65 bits per heavy atom. The minimum atomic E-state index is -0.223. The minimum absolute atomic E-state index is 0.223. The zero-order valence-electron chi connectivity index (χ0n) is 10.5. The van der Waals surface area contributed by atoms with Crippen LogP contribution in [0.1, 0.15) is 42.6 Å². The van der Waals surface area contributed by atoms with E-state index in [0.29, 0.717) is 0 Å². The van der Waals surface area contributed by atoms with Gasteiger partial charge in [0.1, 0.15) is 5.82 Å². The van der Waals surface area contributed by atoms with Crippen LogP contribution in [-0.2, 0) is 5.54 Å². The van der Waals surface area contributed by atoms with Crippen molar-refractivity contribution in [1.82, 2.24) is 9.97 Å². The maximum Gasteiger partial charge on any atom is 0.127 e. The summed E-state index contributed by atoms with van der Waals surface area (Å²) in [5.41, 5.74) is 10.9. The summed E-state index contributed by atoms with van der Waals surface area (Å²) in [4.78, 5) is 8.15. The van der Waals surface area contributed by atoms with Crippen molar-refractivity contribution in [1.29, 1.82) is 0 Å². The fourth-order valence-electron chi connectivity index (χ4n) is 2.95. The third-order valence-corrected chi connectivity index (χ3v) is 3.89. The summed E-state index contributed by atoms with van der Waals surface area (Å²) in [5, 5.41) is 0. The Kier molecular flexibility index (Phi) is 2.26. The molecule has 3 rings (SSSR count). The molecule has 1 aromatic carbocycles. The number of aryl methyl sites for hydroxylation is 2. The number of aromatic amines is 1. The van der Waals surface area contributed by atoms with Crippen molar-refractivity contribution in [3.8, 4) is 0 Å². The molecule has 1 aliphatic rings. The molecule has 90 valence electrons. The lowest BCUT2D eigenvalue weighted by Gasteiger charge is -2.20. The van der Waals surface area contributed by atoms with E-state index >= 15 is 0 Å². The van der Waals surface area contributed by atoms with Crippen LogP contribution in [-0.4, -0.2) is 9.97 Å². The summed E-state index contributed by atoms with van der Waals surface area (Å²) in [7, 11) is 0. The smallest absolute Gasteiger partial charge is 0.127 e. The quantitative estimate of drug-likeness (QED) is 0.790.